The lowest BCUT2D eigenvalue weighted by atomic mass is 10.1. The summed E-state index contributed by atoms with van der Waals surface area (Å²) in [5.41, 5.74) is 0. The molecule has 1 aliphatic rings. The van der Waals surface area contributed by atoms with Crippen LogP contribution in [0, 0.1) is 0 Å². The fourth-order valence-corrected chi connectivity index (χ4v) is 2.88. The van der Waals surface area contributed by atoms with Crippen molar-refractivity contribution in [2.45, 2.75) is 50.3 Å². The molecule has 1 rings (SSSR count). The molecule has 0 bridgehead atoms. The first-order valence-electron chi connectivity index (χ1n) is 5.21. The third-order valence-electron chi connectivity index (χ3n) is 2.41. The quantitative estimate of drug-likeness (QED) is 0.680. The van der Waals surface area contributed by atoms with Crippen LogP contribution in [0.1, 0.15) is 39.0 Å². The first-order valence-corrected chi connectivity index (χ1v) is 6.76. The highest BCUT2D eigenvalue weighted by Crippen LogP contribution is 2.27. The lowest BCUT2D eigenvalue weighted by molar-refractivity contribution is -0.139. The van der Waals surface area contributed by atoms with Crippen molar-refractivity contribution in [1.29, 1.82) is 0 Å². The molecule has 0 aromatic heterocycles. The molecule has 0 amide bonds. The zero-order valence-corrected chi connectivity index (χ0v) is 9.59. The lowest BCUT2D eigenvalue weighted by Crippen LogP contribution is -2.42. The summed E-state index contributed by atoms with van der Waals surface area (Å²) < 4.78 is 25.3. The predicted molar refractivity (Wildman–Crippen MR) is 56.0 cm³/mol. The molecule has 1 aliphatic carbocycles. The SMILES string of the molecule is CCCC[C@H](NS(=O)(=O)C1CC1)C(=O)O. The number of nitrogens with one attached hydrogen (secondary N) is 1. The average molecular weight is 235 g/mol. The minimum absolute atomic E-state index is 0.359. The van der Waals surface area contributed by atoms with E-state index in [1.807, 2.05) is 6.92 Å². The Hall–Kier alpha value is -0.620. The van der Waals surface area contributed by atoms with Gasteiger partial charge in [0.2, 0.25) is 10.0 Å². The second-order valence-corrected chi connectivity index (χ2v) is 5.89. The molecule has 0 unspecified atom stereocenters. The Labute approximate surface area is 89.9 Å². The molecule has 1 atom stereocenters. The minimum atomic E-state index is -3.39. The minimum Gasteiger partial charge on any atom is -0.480 e. The van der Waals surface area contributed by atoms with Crippen LogP contribution >= 0.6 is 0 Å². The van der Waals surface area contributed by atoms with Gasteiger partial charge in [-0.15, -0.1) is 0 Å². The molecule has 0 aliphatic heterocycles. The molecule has 0 radical (unpaired) electrons. The van der Waals surface area contributed by atoms with Gasteiger partial charge in [-0.25, -0.2) is 13.1 Å². The van der Waals surface area contributed by atoms with E-state index in [1.165, 1.54) is 0 Å². The fourth-order valence-electron chi connectivity index (χ4n) is 1.31. The summed E-state index contributed by atoms with van der Waals surface area (Å²) in [5, 5.41) is 8.48. The summed E-state index contributed by atoms with van der Waals surface area (Å²) in [5.74, 6) is -1.09. The van der Waals surface area contributed by atoms with Crippen molar-refractivity contribution in [3.8, 4) is 0 Å². The van der Waals surface area contributed by atoms with E-state index in [1.54, 1.807) is 0 Å². The molecule has 0 heterocycles. The average Bonchev–Trinajstić information content (AvgIpc) is 2.94. The second-order valence-electron chi connectivity index (χ2n) is 3.90. The monoisotopic (exact) mass is 235 g/mol. The maximum absolute atomic E-state index is 11.5. The second kappa shape index (κ2) is 4.94. The van der Waals surface area contributed by atoms with Crippen LogP contribution in [-0.2, 0) is 14.8 Å². The molecule has 0 spiro atoms. The molecular formula is C9H17NO4S. The van der Waals surface area contributed by atoms with Crippen molar-refractivity contribution in [2.75, 3.05) is 0 Å². The zero-order chi connectivity index (χ0) is 11.5. The Morgan fingerprint density at radius 2 is 2.13 bits per heavy atom. The number of carbonyl (C=O) groups is 1. The van der Waals surface area contributed by atoms with Crippen LogP contribution in [0.3, 0.4) is 0 Å². The van der Waals surface area contributed by atoms with Crippen molar-refractivity contribution in [1.82, 2.24) is 4.72 Å². The largest absolute Gasteiger partial charge is 0.480 e. The Balaban J connectivity index is 2.53. The third kappa shape index (κ3) is 3.79. The number of carboxylic acids is 1. The molecule has 0 aromatic carbocycles. The van der Waals surface area contributed by atoms with E-state index in [0.29, 0.717) is 25.7 Å². The van der Waals surface area contributed by atoms with Gasteiger partial charge >= 0.3 is 5.97 Å². The predicted octanol–water partition coefficient (Wildman–Crippen LogP) is 0.712. The summed E-state index contributed by atoms with van der Waals surface area (Å²) in [7, 11) is -3.39. The topological polar surface area (TPSA) is 83.5 Å². The maximum Gasteiger partial charge on any atom is 0.321 e. The van der Waals surface area contributed by atoms with E-state index in [0.717, 1.165) is 6.42 Å². The smallest absolute Gasteiger partial charge is 0.321 e. The van der Waals surface area contributed by atoms with E-state index in [-0.39, 0.29) is 5.25 Å². The molecule has 0 aromatic rings. The summed E-state index contributed by atoms with van der Waals surface area (Å²) in [6, 6.07) is -0.962. The van der Waals surface area contributed by atoms with Gasteiger partial charge in [-0.2, -0.15) is 0 Å². The molecule has 5 nitrogen and oxygen atoms in total. The number of rotatable bonds is 7. The van der Waals surface area contributed by atoms with Gasteiger partial charge in [0.1, 0.15) is 6.04 Å². The van der Waals surface area contributed by atoms with Gasteiger partial charge in [0.15, 0.2) is 0 Å². The van der Waals surface area contributed by atoms with Gasteiger partial charge in [-0.1, -0.05) is 19.8 Å². The van der Waals surface area contributed by atoms with Crippen LogP contribution < -0.4 is 4.72 Å². The first kappa shape index (κ1) is 12.4. The highest BCUT2D eigenvalue weighted by molar-refractivity contribution is 7.90. The van der Waals surface area contributed by atoms with E-state index in [4.69, 9.17) is 5.11 Å². The maximum atomic E-state index is 11.5. The van der Waals surface area contributed by atoms with Crippen LogP contribution in [-0.4, -0.2) is 30.8 Å². The molecule has 2 N–H and O–H groups in total. The summed E-state index contributed by atoms with van der Waals surface area (Å²) >= 11 is 0. The number of unbranched alkanes of at least 4 members (excludes halogenated alkanes) is 1. The standard InChI is InChI=1S/C9H17NO4S/c1-2-3-4-8(9(11)12)10-15(13,14)7-5-6-7/h7-8,10H,2-6H2,1H3,(H,11,12)/t8-/m0/s1. The van der Waals surface area contributed by atoms with Crippen LogP contribution in [0.25, 0.3) is 0 Å². The normalized spacial score (nSPS) is 18.7. The Bertz CT molecular complexity index is 321. The van der Waals surface area contributed by atoms with Crippen molar-refractivity contribution in [2.24, 2.45) is 0 Å². The summed E-state index contributed by atoms with van der Waals surface area (Å²) in [6.45, 7) is 1.94. The highest BCUT2D eigenvalue weighted by Gasteiger charge is 2.38. The van der Waals surface area contributed by atoms with Gasteiger partial charge in [-0.05, 0) is 19.3 Å². The third-order valence-corrected chi connectivity index (χ3v) is 4.38. The van der Waals surface area contributed by atoms with Crippen LogP contribution in [0.4, 0.5) is 0 Å². The molecule has 6 heteroatoms. The molecule has 0 saturated heterocycles. The number of carboxylic acid groups (broad SMARTS) is 1. The van der Waals surface area contributed by atoms with Crippen molar-refractivity contribution >= 4 is 16.0 Å². The number of hydrogen-bond donors (Lipinski definition) is 2. The van der Waals surface area contributed by atoms with Crippen molar-refractivity contribution < 1.29 is 18.3 Å². The Morgan fingerprint density at radius 1 is 1.53 bits per heavy atom. The molecule has 15 heavy (non-hydrogen) atoms. The van der Waals surface area contributed by atoms with E-state index in [9.17, 15) is 13.2 Å². The van der Waals surface area contributed by atoms with Gasteiger partial charge in [-0.3, -0.25) is 4.79 Å². The lowest BCUT2D eigenvalue weighted by Gasteiger charge is -2.13. The van der Waals surface area contributed by atoms with Gasteiger partial charge < -0.3 is 5.11 Å². The van der Waals surface area contributed by atoms with Crippen LogP contribution in [0.15, 0.2) is 0 Å². The first-order chi connectivity index (χ1) is 6.97. The molecule has 1 saturated carbocycles. The van der Waals surface area contributed by atoms with E-state index in [2.05, 4.69) is 4.72 Å². The summed E-state index contributed by atoms with van der Waals surface area (Å²) in [4.78, 5) is 10.8. The van der Waals surface area contributed by atoms with E-state index < -0.39 is 22.0 Å². The molecular weight excluding hydrogens is 218 g/mol. The Kier molecular flexibility index (Phi) is 4.10. The van der Waals surface area contributed by atoms with E-state index >= 15 is 0 Å². The van der Waals surface area contributed by atoms with Crippen LogP contribution in [0.2, 0.25) is 0 Å². The van der Waals surface area contributed by atoms with Gasteiger partial charge in [0.05, 0.1) is 5.25 Å². The molecule has 1 fully saturated rings. The zero-order valence-electron chi connectivity index (χ0n) is 8.77. The number of hydrogen-bond acceptors (Lipinski definition) is 3. The van der Waals surface area contributed by atoms with Crippen molar-refractivity contribution in [3.05, 3.63) is 0 Å². The van der Waals surface area contributed by atoms with Gasteiger partial charge in [0.25, 0.3) is 0 Å². The van der Waals surface area contributed by atoms with Crippen LogP contribution in [0.5, 0.6) is 0 Å². The summed E-state index contributed by atoms with van der Waals surface area (Å²) in [6.07, 6.45) is 3.22. The van der Waals surface area contributed by atoms with Gasteiger partial charge in [0, 0.05) is 0 Å². The number of sulfonamides is 1. The fraction of sp³-hybridized carbons (Fsp3) is 0.889. The highest BCUT2D eigenvalue weighted by atomic mass is 32.2. The number of aliphatic carboxylic acids is 1. The van der Waals surface area contributed by atoms with Crippen molar-refractivity contribution in [3.63, 3.8) is 0 Å². The molecule has 88 valence electrons. The Morgan fingerprint density at radius 3 is 2.53 bits per heavy atom.